The van der Waals surface area contributed by atoms with E-state index in [0.29, 0.717) is 12.6 Å². The Kier molecular flexibility index (Phi) is 5.09. The Morgan fingerprint density at radius 3 is 3.05 bits per heavy atom. The topological polar surface area (TPSA) is 45.5 Å². The average Bonchev–Trinajstić information content (AvgIpc) is 3.39. The lowest BCUT2D eigenvalue weighted by Crippen LogP contribution is -2.45. The zero-order valence-electron chi connectivity index (χ0n) is 13.2. The molecule has 1 aromatic carbocycles. The van der Waals surface area contributed by atoms with E-state index in [1.54, 1.807) is 0 Å². The molecule has 1 saturated heterocycles. The minimum Gasteiger partial charge on any atom is -0.378 e. The monoisotopic (exact) mass is 300 g/mol. The van der Waals surface area contributed by atoms with Crippen LogP contribution in [0.5, 0.6) is 0 Å². The van der Waals surface area contributed by atoms with Crippen molar-refractivity contribution in [1.82, 2.24) is 4.90 Å². The predicted octanol–water partition coefficient (Wildman–Crippen LogP) is 2.75. The Balaban J connectivity index is 1.54. The first-order chi connectivity index (χ1) is 10.8. The molecule has 2 fully saturated rings. The third-order valence-electron chi connectivity index (χ3n) is 4.57. The molecule has 2 atom stereocenters. The van der Waals surface area contributed by atoms with E-state index in [4.69, 9.17) is 14.7 Å². The van der Waals surface area contributed by atoms with Crippen LogP contribution in [0.15, 0.2) is 24.3 Å². The van der Waals surface area contributed by atoms with Gasteiger partial charge in [0.25, 0.3) is 0 Å². The lowest BCUT2D eigenvalue weighted by atomic mass is 10.0. The van der Waals surface area contributed by atoms with Crippen molar-refractivity contribution in [2.45, 2.75) is 31.9 Å². The highest BCUT2D eigenvalue weighted by Gasteiger charge is 2.26. The molecule has 0 N–H and O–H groups in total. The van der Waals surface area contributed by atoms with Crippen LogP contribution < -0.4 is 0 Å². The largest absolute Gasteiger partial charge is 0.378 e. The molecule has 1 aliphatic heterocycles. The Morgan fingerprint density at radius 2 is 2.27 bits per heavy atom. The van der Waals surface area contributed by atoms with Gasteiger partial charge in [-0.25, -0.2) is 0 Å². The normalized spacial score (nSPS) is 23.9. The summed E-state index contributed by atoms with van der Waals surface area (Å²) in [4.78, 5) is 2.42. The minimum atomic E-state index is 0.161. The van der Waals surface area contributed by atoms with Gasteiger partial charge in [0, 0.05) is 25.7 Å². The van der Waals surface area contributed by atoms with Crippen molar-refractivity contribution in [3.8, 4) is 6.07 Å². The van der Waals surface area contributed by atoms with Crippen molar-refractivity contribution in [1.29, 1.82) is 5.26 Å². The first-order valence-electron chi connectivity index (χ1n) is 8.19. The van der Waals surface area contributed by atoms with Crippen molar-refractivity contribution < 1.29 is 9.47 Å². The Hall–Kier alpha value is -1.41. The highest BCUT2D eigenvalue weighted by Crippen LogP contribution is 2.29. The zero-order chi connectivity index (χ0) is 15.4. The van der Waals surface area contributed by atoms with Crippen LogP contribution in [0.2, 0.25) is 0 Å². The first kappa shape index (κ1) is 15.5. The standard InChI is InChI=1S/C18H24N2O2/c1-14(17-4-2-3-16(9-17)10-19)20-7-8-22-18(11-20)13-21-12-15-5-6-15/h2-4,9,14-15,18H,5-8,11-13H2,1H3/t14-,18-/m1/s1. The summed E-state index contributed by atoms with van der Waals surface area (Å²) in [6, 6.07) is 10.4. The Bertz CT molecular complexity index is 536. The number of benzene rings is 1. The zero-order valence-corrected chi connectivity index (χ0v) is 13.2. The molecule has 4 nitrogen and oxygen atoms in total. The van der Waals surface area contributed by atoms with Crippen LogP contribution in [0.25, 0.3) is 0 Å². The number of hydrogen-bond donors (Lipinski definition) is 0. The van der Waals surface area contributed by atoms with Crippen molar-refractivity contribution in [3.63, 3.8) is 0 Å². The van der Waals surface area contributed by atoms with Crippen LogP contribution in [0.3, 0.4) is 0 Å². The van der Waals surface area contributed by atoms with Gasteiger partial charge in [-0.15, -0.1) is 0 Å². The summed E-state index contributed by atoms with van der Waals surface area (Å²) in [6.45, 7) is 6.35. The van der Waals surface area contributed by atoms with Crippen molar-refractivity contribution >= 4 is 0 Å². The molecule has 1 aliphatic carbocycles. The van der Waals surface area contributed by atoms with Crippen LogP contribution in [0, 0.1) is 17.2 Å². The summed E-state index contributed by atoms with van der Waals surface area (Å²) >= 11 is 0. The molecule has 1 aromatic rings. The average molecular weight is 300 g/mol. The van der Waals surface area contributed by atoms with Crippen molar-refractivity contribution in [2.75, 3.05) is 32.9 Å². The maximum absolute atomic E-state index is 9.04. The molecule has 4 heteroatoms. The molecular formula is C18H24N2O2. The third-order valence-corrected chi connectivity index (χ3v) is 4.57. The lowest BCUT2D eigenvalue weighted by Gasteiger charge is -2.37. The maximum Gasteiger partial charge on any atom is 0.0991 e. The minimum absolute atomic E-state index is 0.161. The van der Waals surface area contributed by atoms with Crippen LogP contribution in [0.4, 0.5) is 0 Å². The van der Waals surface area contributed by atoms with E-state index in [1.807, 2.05) is 18.2 Å². The molecule has 0 amide bonds. The molecule has 0 aromatic heterocycles. The molecule has 1 heterocycles. The molecular weight excluding hydrogens is 276 g/mol. The van der Waals surface area contributed by atoms with Gasteiger partial charge < -0.3 is 9.47 Å². The number of rotatable bonds is 6. The van der Waals surface area contributed by atoms with E-state index in [0.717, 1.165) is 37.8 Å². The summed E-state index contributed by atoms with van der Waals surface area (Å²) < 4.78 is 11.6. The maximum atomic E-state index is 9.04. The van der Waals surface area contributed by atoms with Gasteiger partial charge in [0.2, 0.25) is 0 Å². The smallest absolute Gasteiger partial charge is 0.0991 e. The van der Waals surface area contributed by atoms with Crippen LogP contribution in [-0.2, 0) is 9.47 Å². The molecule has 118 valence electrons. The molecule has 0 bridgehead atoms. The predicted molar refractivity (Wildman–Crippen MR) is 84.4 cm³/mol. The second kappa shape index (κ2) is 7.23. The SMILES string of the molecule is C[C@H](c1cccc(C#N)c1)N1CCO[C@@H](COCC2CC2)C1. The molecule has 0 spiro atoms. The number of hydrogen-bond acceptors (Lipinski definition) is 4. The van der Waals surface area contributed by atoms with Gasteiger partial charge in [0.15, 0.2) is 0 Å². The van der Waals surface area contributed by atoms with Crippen LogP contribution >= 0.6 is 0 Å². The number of nitrogens with zero attached hydrogens (tertiary/aromatic N) is 2. The molecule has 2 aliphatic rings. The third kappa shape index (κ3) is 4.07. The van der Waals surface area contributed by atoms with Gasteiger partial charge >= 0.3 is 0 Å². The Morgan fingerprint density at radius 1 is 1.41 bits per heavy atom. The van der Waals surface area contributed by atoms with E-state index in [-0.39, 0.29) is 6.10 Å². The summed E-state index contributed by atoms with van der Waals surface area (Å²) in [5, 5.41) is 9.04. The van der Waals surface area contributed by atoms with E-state index >= 15 is 0 Å². The lowest BCUT2D eigenvalue weighted by molar-refractivity contribution is -0.0790. The van der Waals surface area contributed by atoms with Gasteiger partial charge in [-0.1, -0.05) is 12.1 Å². The molecule has 1 saturated carbocycles. The van der Waals surface area contributed by atoms with E-state index in [2.05, 4.69) is 24.0 Å². The van der Waals surface area contributed by atoms with E-state index < -0.39 is 0 Å². The highest BCUT2D eigenvalue weighted by atomic mass is 16.5. The second-order valence-electron chi connectivity index (χ2n) is 6.38. The van der Waals surface area contributed by atoms with Gasteiger partial charge in [-0.2, -0.15) is 5.26 Å². The Labute approximate surface area is 132 Å². The highest BCUT2D eigenvalue weighted by molar-refractivity contribution is 5.34. The van der Waals surface area contributed by atoms with E-state index in [1.165, 1.54) is 18.4 Å². The van der Waals surface area contributed by atoms with E-state index in [9.17, 15) is 0 Å². The molecule has 3 rings (SSSR count). The molecule has 0 unspecified atom stereocenters. The van der Waals surface area contributed by atoms with Crippen molar-refractivity contribution in [3.05, 3.63) is 35.4 Å². The number of morpholine rings is 1. The summed E-state index contributed by atoms with van der Waals surface area (Å²) in [5.41, 5.74) is 1.92. The van der Waals surface area contributed by atoms with Gasteiger partial charge in [0.05, 0.1) is 31.0 Å². The first-order valence-corrected chi connectivity index (χ1v) is 8.19. The number of nitriles is 1. The summed E-state index contributed by atoms with van der Waals surface area (Å²) in [7, 11) is 0. The summed E-state index contributed by atoms with van der Waals surface area (Å²) in [6.07, 6.45) is 2.81. The quantitative estimate of drug-likeness (QED) is 0.810. The summed E-state index contributed by atoms with van der Waals surface area (Å²) in [5.74, 6) is 0.798. The molecule has 22 heavy (non-hydrogen) atoms. The van der Waals surface area contributed by atoms with Crippen molar-refractivity contribution in [2.24, 2.45) is 5.92 Å². The molecule has 0 radical (unpaired) electrons. The fraction of sp³-hybridized carbons (Fsp3) is 0.611. The fourth-order valence-corrected chi connectivity index (χ4v) is 2.92. The number of ether oxygens (including phenoxy) is 2. The fourth-order valence-electron chi connectivity index (χ4n) is 2.92. The van der Waals surface area contributed by atoms with Crippen LogP contribution in [0.1, 0.15) is 36.9 Å². The van der Waals surface area contributed by atoms with Gasteiger partial charge in [-0.05, 0) is 43.4 Å². The van der Waals surface area contributed by atoms with Crippen LogP contribution in [-0.4, -0.2) is 43.9 Å². The van der Waals surface area contributed by atoms with Gasteiger partial charge in [-0.3, -0.25) is 4.90 Å². The second-order valence-corrected chi connectivity index (χ2v) is 6.38. The van der Waals surface area contributed by atoms with Gasteiger partial charge in [0.1, 0.15) is 0 Å².